The molecule has 130 valence electrons. The predicted octanol–water partition coefficient (Wildman–Crippen LogP) is 2.67. The Morgan fingerprint density at radius 2 is 2.24 bits per heavy atom. The maximum Gasteiger partial charge on any atom is 0.233 e. The monoisotopic (exact) mass is 377 g/mol. The Bertz CT molecular complexity index is 837. The highest BCUT2D eigenvalue weighted by atomic mass is 32.2. The number of carbonyl (C=O) groups excluding carboxylic acids is 1. The summed E-state index contributed by atoms with van der Waals surface area (Å²) in [6.07, 6.45) is 0. The summed E-state index contributed by atoms with van der Waals surface area (Å²) in [6.45, 7) is 0.942. The predicted molar refractivity (Wildman–Crippen MR) is 94.8 cm³/mol. The average molecular weight is 377 g/mol. The molecule has 0 aliphatic rings. The molecular weight excluding hydrogens is 361 g/mol. The van der Waals surface area contributed by atoms with E-state index in [0.29, 0.717) is 18.2 Å². The number of thiophene rings is 1. The summed E-state index contributed by atoms with van der Waals surface area (Å²) in [6, 6.07) is 10.2. The van der Waals surface area contributed by atoms with E-state index in [4.69, 9.17) is 0 Å². The van der Waals surface area contributed by atoms with E-state index in [1.807, 2.05) is 17.5 Å². The highest BCUT2D eigenvalue weighted by molar-refractivity contribution is 7.99. The molecule has 2 heterocycles. The minimum absolute atomic E-state index is 0.0695. The van der Waals surface area contributed by atoms with Crippen LogP contribution < -0.4 is 0 Å². The van der Waals surface area contributed by atoms with Gasteiger partial charge in [0.2, 0.25) is 11.1 Å². The van der Waals surface area contributed by atoms with Crippen molar-refractivity contribution < 1.29 is 9.18 Å². The second-order valence-corrected chi connectivity index (χ2v) is 7.34. The van der Waals surface area contributed by atoms with Gasteiger partial charge in [-0.1, -0.05) is 30.0 Å². The van der Waals surface area contributed by atoms with Crippen molar-refractivity contribution in [2.24, 2.45) is 0 Å². The molecule has 2 aromatic heterocycles. The Balaban J connectivity index is 1.54. The molecule has 0 N–H and O–H groups in total. The third-order valence-corrected chi connectivity index (χ3v) is 5.25. The first kappa shape index (κ1) is 17.6. The van der Waals surface area contributed by atoms with Crippen LogP contribution in [0.3, 0.4) is 0 Å². The maximum atomic E-state index is 13.2. The SMILES string of the molecule is CN(Cc1cccc(F)c1)C(=O)CSc1nnnn1Cc1cccs1. The zero-order valence-corrected chi connectivity index (χ0v) is 15.1. The van der Waals surface area contributed by atoms with Crippen LogP contribution in [0.4, 0.5) is 4.39 Å². The molecule has 0 unspecified atom stereocenters. The van der Waals surface area contributed by atoms with Gasteiger partial charge >= 0.3 is 0 Å². The third kappa shape index (κ3) is 4.86. The molecule has 0 radical (unpaired) electrons. The smallest absolute Gasteiger partial charge is 0.233 e. The van der Waals surface area contributed by atoms with Crippen molar-refractivity contribution in [3.8, 4) is 0 Å². The van der Waals surface area contributed by atoms with E-state index in [9.17, 15) is 9.18 Å². The lowest BCUT2D eigenvalue weighted by molar-refractivity contribution is -0.127. The number of rotatable bonds is 7. The Labute approximate surface area is 152 Å². The molecule has 9 heteroatoms. The van der Waals surface area contributed by atoms with Crippen LogP contribution in [-0.4, -0.2) is 43.8 Å². The third-order valence-electron chi connectivity index (χ3n) is 3.44. The summed E-state index contributed by atoms with van der Waals surface area (Å²) >= 11 is 2.92. The number of aromatic nitrogens is 4. The van der Waals surface area contributed by atoms with Crippen molar-refractivity contribution in [3.05, 3.63) is 58.0 Å². The molecule has 3 rings (SSSR count). The highest BCUT2D eigenvalue weighted by Gasteiger charge is 2.14. The first-order valence-corrected chi connectivity index (χ1v) is 9.38. The van der Waals surface area contributed by atoms with E-state index in [2.05, 4.69) is 15.5 Å². The maximum absolute atomic E-state index is 13.2. The van der Waals surface area contributed by atoms with Gasteiger partial charge in [-0.15, -0.1) is 16.4 Å². The van der Waals surface area contributed by atoms with E-state index in [-0.39, 0.29) is 17.5 Å². The number of nitrogens with zero attached hydrogens (tertiary/aromatic N) is 5. The molecule has 1 amide bonds. The van der Waals surface area contributed by atoms with Crippen LogP contribution in [0, 0.1) is 5.82 Å². The molecule has 0 aliphatic heterocycles. The summed E-state index contributed by atoms with van der Waals surface area (Å²) in [4.78, 5) is 15.0. The molecule has 3 aromatic rings. The molecule has 25 heavy (non-hydrogen) atoms. The van der Waals surface area contributed by atoms with Gasteiger partial charge in [-0.3, -0.25) is 4.79 Å². The number of thioether (sulfide) groups is 1. The number of carbonyl (C=O) groups is 1. The van der Waals surface area contributed by atoms with E-state index >= 15 is 0 Å². The lowest BCUT2D eigenvalue weighted by atomic mass is 10.2. The molecule has 0 spiro atoms. The second kappa shape index (κ2) is 8.21. The molecular formula is C16H16FN5OS2. The van der Waals surface area contributed by atoms with Gasteiger partial charge in [0, 0.05) is 18.5 Å². The largest absolute Gasteiger partial charge is 0.341 e. The number of hydrogen-bond acceptors (Lipinski definition) is 6. The van der Waals surface area contributed by atoms with Gasteiger partial charge in [-0.25, -0.2) is 9.07 Å². The van der Waals surface area contributed by atoms with Gasteiger partial charge < -0.3 is 4.90 Å². The number of amides is 1. The van der Waals surface area contributed by atoms with Crippen molar-refractivity contribution in [1.82, 2.24) is 25.1 Å². The molecule has 0 bridgehead atoms. The summed E-state index contributed by atoms with van der Waals surface area (Å²) in [7, 11) is 1.70. The van der Waals surface area contributed by atoms with E-state index in [1.165, 1.54) is 23.9 Å². The topological polar surface area (TPSA) is 63.9 Å². The van der Waals surface area contributed by atoms with Crippen LogP contribution in [0.1, 0.15) is 10.4 Å². The van der Waals surface area contributed by atoms with Crippen LogP contribution in [0.2, 0.25) is 0 Å². The van der Waals surface area contributed by atoms with Crippen molar-refractivity contribution in [2.75, 3.05) is 12.8 Å². The normalized spacial score (nSPS) is 10.8. The van der Waals surface area contributed by atoms with E-state index in [0.717, 1.165) is 10.4 Å². The Kier molecular flexibility index (Phi) is 5.77. The standard InChI is InChI=1S/C16H16FN5OS2/c1-21(9-12-4-2-5-13(17)8-12)15(23)11-25-16-18-19-20-22(16)10-14-6-3-7-24-14/h2-8H,9-11H2,1H3. The highest BCUT2D eigenvalue weighted by Crippen LogP contribution is 2.18. The van der Waals surface area contributed by atoms with Crippen molar-refractivity contribution in [3.63, 3.8) is 0 Å². The quantitative estimate of drug-likeness (QED) is 0.593. The summed E-state index contributed by atoms with van der Waals surface area (Å²) in [5.74, 6) is -0.156. The van der Waals surface area contributed by atoms with Gasteiger partial charge in [0.15, 0.2) is 0 Å². The number of tetrazole rings is 1. The molecule has 0 saturated heterocycles. The Morgan fingerprint density at radius 3 is 3.00 bits per heavy atom. The van der Waals surface area contributed by atoms with Gasteiger partial charge in [0.25, 0.3) is 0 Å². The lowest BCUT2D eigenvalue weighted by Gasteiger charge is -2.17. The van der Waals surface area contributed by atoms with E-state index in [1.54, 1.807) is 40.1 Å². The molecule has 1 aromatic carbocycles. The summed E-state index contributed by atoms with van der Waals surface area (Å²) in [5, 5.41) is 14.2. The molecule has 0 aliphatic carbocycles. The van der Waals surface area contributed by atoms with Gasteiger partial charge in [-0.05, 0) is 39.6 Å². The van der Waals surface area contributed by atoms with Gasteiger partial charge in [0.05, 0.1) is 12.3 Å². The van der Waals surface area contributed by atoms with Crippen LogP contribution in [0.25, 0.3) is 0 Å². The van der Waals surface area contributed by atoms with Crippen LogP contribution >= 0.6 is 23.1 Å². The fraction of sp³-hybridized carbons (Fsp3) is 0.250. The van der Waals surface area contributed by atoms with Crippen LogP contribution in [0.5, 0.6) is 0 Å². The minimum atomic E-state index is -0.305. The van der Waals surface area contributed by atoms with Crippen molar-refractivity contribution in [1.29, 1.82) is 0 Å². The summed E-state index contributed by atoms with van der Waals surface area (Å²) < 4.78 is 14.9. The van der Waals surface area contributed by atoms with Crippen molar-refractivity contribution in [2.45, 2.75) is 18.2 Å². The average Bonchev–Trinajstić information content (AvgIpc) is 3.25. The van der Waals surface area contributed by atoms with Gasteiger partial charge in [0.1, 0.15) is 5.82 Å². The van der Waals surface area contributed by atoms with Gasteiger partial charge in [-0.2, -0.15) is 0 Å². The summed E-state index contributed by atoms with van der Waals surface area (Å²) in [5.41, 5.74) is 0.753. The number of halogens is 1. The molecule has 0 saturated carbocycles. The van der Waals surface area contributed by atoms with E-state index < -0.39 is 0 Å². The zero-order chi connectivity index (χ0) is 17.6. The molecule has 0 fully saturated rings. The first-order valence-electron chi connectivity index (χ1n) is 7.51. The lowest BCUT2D eigenvalue weighted by Crippen LogP contribution is -2.28. The zero-order valence-electron chi connectivity index (χ0n) is 13.5. The second-order valence-electron chi connectivity index (χ2n) is 5.37. The number of hydrogen-bond donors (Lipinski definition) is 0. The fourth-order valence-corrected chi connectivity index (χ4v) is 3.69. The Morgan fingerprint density at radius 1 is 1.36 bits per heavy atom. The first-order chi connectivity index (χ1) is 12.1. The fourth-order valence-electron chi connectivity index (χ4n) is 2.18. The van der Waals surface area contributed by atoms with Crippen molar-refractivity contribution >= 4 is 29.0 Å². The molecule has 6 nitrogen and oxygen atoms in total. The molecule has 0 atom stereocenters. The number of benzene rings is 1. The van der Waals surface area contributed by atoms with Crippen LogP contribution in [0.15, 0.2) is 46.9 Å². The Hall–Kier alpha value is -2.26. The van der Waals surface area contributed by atoms with Crippen LogP contribution in [-0.2, 0) is 17.9 Å². The minimum Gasteiger partial charge on any atom is -0.341 e.